The zero-order chi connectivity index (χ0) is 49.4. The second kappa shape index (κ2) is 25.2. The van der Waals surface area contributed by atoms with E-state index in [1.165, 1.54) is 0 Å². The Morgan fingerprint density at radius 2 is 1.00 bits per heavy atom. The molecule has 14 nitrogen and oxygen atoms in total. The number of halogens is 2. The molecule has 2 aromatic heterocycles. The molecule has 0 aliphatic rings. The molecule has 6 rings (SSSR count). The van der Waals surface area contributed by atoms with E-state index < -0.39 is 11.2 Å². The van der Waals surface area contributed by atoms with Crippen LogP contribution in [0.1, 0.15) is 127 Å². The quantitative estimate of drug-likeness (QED) is 0.0667. The number of nitrogens with zero attached hydrogens (tertiary/aromatic N) is 8. The van der Waals surface area contributed by atoms with Crippen molar-refractivity contribution < 1.29 is 28.5 Å². The van der Waals surface area contributed by atoms with Gasteiger partial charge in [-0.2, -0.15) is 4.80 Å². The third kappa shape index (κ3) is 16.6. The minimum atomic E-state index is -0.569. The first kappa shape index (κ1) is 53.5. The van der Waals surface area contributed by atoms with Gasteiger partial charge < -0.3 is 18.9 Å². The molecule has 0 fully saturated rings. The molecule has 0 aliphatic carbocycles. The van der Waals surface area contributed by atoms with Crippen LogP contribution in [0.5, 0.6) is 11.5 Å². The first-order chi connectivity index (χ1) is 32.4. The van der Waals surface area contributed by atoms with Crippen molar-refractivity contribution in [3.63, 3.8) is 0 Å². The summed E-state index contributed by atoms with van der Waals surface area (Å²) >= 11 is 6.99. The van der Waals surface area contributed by atoms with E-state index in [1.807, 2.05) is 114 Å². The second-order valence-corrected chi connectivity index (χ2v) is 20.6. The maximum atomic E-state index is 13.3. The number of tetrazole rings is 2. The number of carbonyl (C=O) groups is 2. The molecule has 0 radical (unpaired) electrons. The average molecular weight is 1060 g/mol. The molecule has 0 saturated heterocycles. The van der Waals surface area contributed by atoms with Crippen LogP contribution in [0.3, 0.4) is 0 Å². The first-order valence-electron chi connectivity index (χ1n) is 23.1. The molecular weight excluding hydrogens is 992 g/mol. The van der Waals surface area contributed by atoms with Crippen molar-refractivity contribution in [2.75, 3.05) is 14.2 Å². The molecule has 0 bridgehead atoms. The van der Waals surface area contributed by atoms with Gasteiger partial charge in [0, 0.05) is 20.8 Å². The Morgan fingerprint density at radius 3 is 1.44 bits per heavy atom. The summed E-state index contributed by atoms with van der Waals surface area (Å²) in [7, 11) is 3.29. The van der Waals surface area contributed by atoms with Crippen molar-refractivity contribution in [3.8, 4) is 11.5 Å². The van der Waals surface area contributed by atoms with E-state index >= 15 is 0 Å². The SMILES string of the molecule is CCC[C@H](C(=O)OC(C)(C)C)[C@H](Cc1ccc(Br)cc1)c1nnn(Cc2ccc(OC)cc2)n1.CCC[C@H](C(=O)OC(C)(C)C)[C@H](Cc1ccc(Br)cc1)c1nnnn1Cc1ccc(OC)cc1. The van der Waals surface area contributed by atoms with E-state index in [2.05, 4.69) is 95.8 Å². The molecule has 0 spiro atoms. The highest BCUT2D eigenvalue weighted by Crippen LogP contribution is 2.35. The van der Waals surface area contributed by atoms with E-state index in [4.69, 9.17) is 24.0 Å². The molecule has 0 saturated carbocycles. The molecule has 6 aromatic rings. The van der Waals surface area contributed by atoms with Gasteiger partial charge in [-0.1, -0.05) is 107 Å². The van der Waals surface area contributed by atoms with Gasteiger partial charge in [-0.15, -0.1) is 15.3 Å². The molecule has 4 aromatic carbocycles. The van der Waals surface area contributed by atoms with Gasteiger partial charge in [-0.25, -0.2) is 4.68 Å². The van der Waals surface area contributed by atoms with Gasteiger partial charge >= 0.3 is 11.9 Å². The summed E-state index contributed by atoms with van der Waals surface area (Å²) in [6, 6.07) is 31.8. The summed E-state index contributed by atoms with van der Waals surface area (Å²) in [6.07, 6.45) is 4.31. The topological polar surface area (TPSA) is 158 Å². The number of methoxy groups -OCH3 is 2. The van der Waals surface area contributed by atoms with Crippen LogP contribution in [0, 0.1) is 11.8 Å². The Hall–Kier alpha value is -5.48. The lowest BCUT2D eigenvalue weighted by molar-refractivity contribution is -0.162. The Balaban J connectivity index is 0.000000254. The van der Waals surface area contributed by atoms with Crippen molar-refractivity contribution in [2.24, 2.45) is 11.8 Å². The number of benzene rings is 4. The molecule has 0 amide bonds. The highest BCUT2D eigenvalue weighted by Gasteiger charge is 2.37. The fraction of sp³-hybridized carbons (Fsp3) is 0.462. The zero-order valence-corrected chi connectivity index (χ0v) is 44.2. The number of hydrogen-bond donors (Lipinski definition) is 0. The van der Waals surface area contributed by atoms with Crippen molar-refractivity contribution in [2.45, 2.75) is 130 Å². The van der Waals surface area contributed by atoms with Crippen LogP contribution in [0.2, 0.25) is 0 Å². The average Bonchev–Trinajstić information content (AvgIpc) is 3.96. The standard InChI is InChI=1S/2C26H33BrN4O3/c1-6-7-22(25(32)34-26(2,3)4)23(16-18-8-12-20(27)13-9-18)24-28-29-30-31(24)17-19-10-14-21(33-5)15-11-19;1-6-7-22(25(32)34-26(2,3)4)23(16-18-8-12-20(27)13-9-18)24-28-30-31(29-24)17-19-10-14-21(33-5)15-11-19/h2*8-15,22-23H,6-7,16-17H2,1-5H3/t2*22-,23-/m00/s1. The number of carbonyl (C=O) groups excluding carboxylic acids is 2. The second-order valence-electron chi connectivity index (χ2n) is 18.8. The van der Waals surface area contributed by atoms with Gasteiger partial charge in [0.2, 0.25) is 0 Å². The predicted molar refractivity (Wildman–Crippen MR) is 269 cm³/mol. The van der Waals surface area contributed by atoms with Crippen molar-refractivity contribution in [3.05, 3.63) is 140 Å². The Kier molecular flexibility index (Phi) is 19.8. The maximum Gasteiger partial charge on any atom is 0.310 e. The van der Waals surface area contributed by atoms with Crippen LogP contribution in [-0.2, 0) is 45.0 Å². The fourth-order valence-electron chi connectivity index (χ4n) is 7.78. The molecule has 2 heterocycles. The van der Waals surface area contributed by atoms with Crippen molar-refractivity contribution in [1.82, 2.24) is 40.4 Å². The predicted octanol–water partition coefficient (Wildman–Crippen LogP) is 11.2. The summed E-state index contributed by atoms with van der Waals surface area (Å²) in [6.45, 7) is 16.5. The summed E-state index contributed by atoms with van der Waals surface area (Å²) in [5.74, 6) is 1.18. The minimum Gasteiger partial charge on any atom is -0.497 e. The fourth-order valence-corrected chi connectivity index (χ4v) is 8.31. The zero-order valence-electron chi connectivity index (χ0n) is 41.0. The van der Waals surface area contributed by atoms with Crippen LogP contribution in [0.15, 0.2) is 106 Å². The van der Waals surface area contributed by atoms with Gasteiger partial charge in [0.1, 0.15) is 22.7 Å². The van der Waals surface area contributed by atoms with Gasteiger partial charge in [-0.05, 0) is 154 Å². The van der Waals surface area contributed by atoms with E-state index in [0.717, 1.165) is 55.5 Å². The highest BCUT2D eigenvalue weighted by molar-refractivity contribution is 9.10. The van der Waals surface area contributed by atoms with E-state index in [1.54, 1.807) is 23.7 Å². The van der Waals surface area contributed by atoms with Gasteiger partial charge in [-0.3, -0.25) is 9.59 Å². The van der Waals surface area contributed by atoms with Crippen LogP contribution in [0.4, 0.5) is 0 Å². The molecule has 0 N–H and O–H groups in total. The number of rotatable bonds is 20. The summed E-state index contributed by atoms with van der Waals surface area (Å²) in [5, 5.41) is 26.0. The maximum absolute atomic E-state index is 13.3. The molecule has 16 heteroatoms. The monoisotopic (exact) mass is 1060 g/mol. The molecule has 364 valence electrons. The lowest BCUT2D eigenvalue weighted by atomic mass is 9.83. The van der Waals surface area contributed by atoms with Gasteiger partial charge in [0.25, 0.3) is 0 Å². The number of aromatic nitrogens is 8. The minimum absolute atomic E-state index is 0.213. The Labute approximate surface area is 418 Å². The number of esters is 2. The summed E-state index contributed by atoms with van der Waals surface area (Å²) in [5.41, 5.74) is 3.15. The molecular formula is C52H66Br2N8O6. The van der Waals surface area contributed by atoms with Crippen molar-refractivity contribution >= 4 is 43.8 Å². The van der Waals surface area contributed by atoms with Crippen LogP contribution in [-0.4, -0.2) is 77.8 Å². The smallest absolute Gasteiger partial charge is 0.310 e. The summed E-state index contributed by atoms with van der Waals surface area (Å²) < 4.78 is 25.9. The normalized spacial score (nSPS) is 13.4. The third-order valence-corrected chi connectivity index (χ3v) is 12.1. The number of hydrogen-bond acceptors (Lipinski definition) is 12. The highest BCUT2D eigenvalue weighted by atomic mass is 79.9. The molecule has 0 unspecified atom stereocenters. The van der Waals surface area contributed by atoms with Crippen LogP contribution >= 0.6 is 31.9 Å². The van der Waals surface area contributed by atoms with E-state index in [9.17, 15) is 9.59 Å². The largest absolute Gasteiger partial charge is 0.497 e. The molecule has 0 aliphatic heterocycles. The Morgan fingerprint density at radius 1 is 0.574 bits per heavy atom. The first-order valence-corrected chi connectivity index (χ1v) is 24.7. The summed E-state index contributed by atoms with van der Waals surface area (Å²) in [4.78, 5) is 28.2. The molecule has 68 heavy (non-hydrogen) atoms. The molecule has 4 atom stereocenters. The number of ether oxygens (including phenoxy) is 4. The van der Waals surface area contributed by atoms with Gasteiger partial charge in [0.15, 0.2) is 11.6 Å². The lowest BCUT2D eigenvalue weighted by Gasteiger charge is -2.29. The van der Waals surface area contributed by atoms with E-state index in [-0.39, 0.29) is 35.6 Å². The van der Waals surface area contributed by atoms with Crippen molar-refractivity contribution in [1.29, 1.82) is 0 Å². The Bertz CT molecular complexity index is 2460. The van der Waals surface area contributed by atoms with Gasteiger partial charge in [0.05, 0.1) is 39.1 Å². The van der Waals surface area contributed by atoms with E-state index in [0.29, 0.717) is 50.4 Å². The third-order valence-electron chi connectivity index (χ3n) is 11.0. The van der Waals surface area contributed by atoms with Crippen LogP contribution in [0.25, 0.3) is 0 Å². The van der Waals surface area contributed by atoms with Crippen LogP contribution < -0.4 is 9.47 Å². The lowest BCUT2D eigenvalue weighted by Crippen LogP contribution is -2.33.